The van der Waals surface area contributed by atoms with Gasteiger partial charge in [0.25, 0.3) is 0 Å². The molecule has 2 nitrogen and oxygen atoms in total. The van der Waals surface area contributed by atoms with Crippen LogP contribution in [0.25, 0.3) is 0 Å². The van der Waals surface area contributed by atoms with Crippen LogP contribution in [-0.4, -0.2) is 13.6 Å². The fourth-order valence-electron chi connectivity index (χ4n) is 2.87. The van der Waals surface area contributed by atoms with Crippen LogP contribution in [-0.2, 0) is 25.7 Å². The van der Waals surface area contributed by atoms with Gasteiger partial charge in [-0.3, -0.25) is 0 Å². The quantitative estimate of drug-likeness (QED) is 0.920. The van der Waals surface area contributed by atoms with Crippen molar-refractivity contribution in [1.82, 2.24) is 5.32 Å². The lowest BCUT2D eigenvalue weighted by Crippen LogP contribution is -2.24. The molecule has 1 aliphatic rings. The zero-order valence-corrected chi connectivity index (χ0v) is 13.0. The Kier molecular flexibility index (Phi) is 4.31. The Balaban J connectivity index is 1.72. The number of fused-ring (bicyclic) bond motifs is 1. The standard InChI is InChI=1S/C18H19F3N2/c1-23(12-13-2-5-16(6-3-13)18(19,20)21)17-7-4-14-8-9-22-11-15(14)10-17/h2-7,10,22H,8-9,11-12H2,1H3. The summed E-state index contributed by atoms with van der Waals surface area (Å²) in [4.78, 5) is 2.05. The highest BCUT2D eigenvalue weighted by atomic mass is 19.4. The Bertz CT molecular complexity index is 678. The summed E-state index contributed by atoms with van der Waals surface area (Å²) < 4.78 is 37.8. The van der Waals surface area contributed by atoms with Crippen LogP contribution >= 0.6 is 0 Å². The third-order valence-electron chi connectivity index (χ3n) is 4.22. The maximum absolute atomic E-state index is 12.6. The van der Waals surface area contributed by atoms with Crippen molar-refractivity contribution in [1.29, 1.82) is 0 Å². The van der Waals surface area contributed by atoms with Crippen molar-refractivity contribution in [3.8, 4) is 0 Å². The van der Waals surface area contributed by atoms with Gasteiger partial charge in [0.05, 0.1) is 5.56 Å². The lowest BCUT2D eigenvalue weighted by atomic mass is 10.00. The average molecular weight is 320 g/mol. The first-order chi connectivity index (χ1) is 10.9. The predicted octanol–water partition coefficient (Wildman–Crippen LogP) is 3.99. The normalized spacial score (nSPS) is 14.4. The molecule has 0 aromatic heterocycles. The number of hydrogen-bond donors (Lipinski definition) is 1. The fourth-order valence-corrected chi connectivity index (χ4v) is 2.87. The van der Waals surface area contributed by atoms with Crippen molar-refractivity contribution in [2.75, 3.05) is 18.5 Å². The molecule has 0 aliphatic carbocycles. The molecule has 0 unspecified atom stereocenters. The first-order valence-electron chi connectivity index (χ1n) is 7.63. The molecule has 3 rings (SSSR count). The van der Waals surface area contributed by atoms with E-state index >= 15 is 0 Å². The van der Waals surface area contributed by atoms with Crippen LogP contribution in [0.4, 0.5) is 18.9 Å². The smallest absolute Gasteiger partial charge is 0.370 e. The van der Waals surface area contributed by atoms with Crippen molar-refractivity contribution in [3.63, 3.8) is 0 Å². The maximum atomic E-state index is 12.6. The van der Waals surface area contributed by atoms with Crippen molar-refractivity contribution in [2.24, 2.45) is 0 Å². The van der Waals surface area contributed by atoms with Crippen LogP contribution in [0, 0.1) is 0 Å². The molecule has 0 spiro atoms. The molecule has 122 valence electrons. The summed E-state index contributed by atoms with van der Waals surface area (Å²) in [6, 6.07) is 11.7. The van der Waals surface area contributed by atoms with Gasteiger partial charge in [-0.2, -0.15) is 13.2 Å². The van der Waals surface area contributed by atoms with E-state index in [2.05, 4.69) is 28.4 Å². The van der Waals surface area contributed by atoms with Crippen LogP contribution in [0.15, 0.2) is 42.5 Å². The van der Waals surface area contributed by atoms with Gasteiger partial charge in [0.1, 0.15) is 0 Å². The van der Waals surface area contributed by atoms with E-state index in [4.69, 9.17) is 0 Å². The monoisotopic (exact) mass is 320 g/mol. The lowest BCUT2D eigenvalue weighted by molar-refractivity contribution is -0.137. The molecule has 5 heteroatoms. The fraction of sp³-hybridized carbons (Fsp3) is 0.333. The van der Waals surface area contributed by atoms with E-state index in [0.717, 1.165) is 42.9 Å². The molecular formula is C18H19F3N2. The summed E-state index contributed by atoms with van der Waals surface area (Å²) in [5, 5.41) is 3.35. The van der Waals surface area contributed by atoms with Crippen molar-refractivity contribution in [2.45, 2.75) is 25.7 Å². The largest absolute Gasteiger partial charge is 0.416 e. The van der Waals surface area contributed by atoms with Crippen molar-refractivity contribution in [3.05, 3.63) is 64.7 Å². The summed E-state index contributed by atoms with van der Waals surface area (Å²) >= 11 is 0. The highest BCUT2D eigenvalue weighted by molar-refractivity contribution is 5.51. The third-order valence-corrected chi connectivity index (χ3v) is 4.22. The van der Waals surface area contributed by atoms with E-state index in [1.54, 1.807) is 12.1 Å². The predicted molar refractivity (Wildman–Crippen MR) is 85.4 cm³/mol. The average Bonchev–Trinajstić information content (AvgIpc) is 2.54. The zero-order valence-electron chi connectivity index (χ0n) is 13.0. The van der Waals surface area contributed by atoms with Gasteiger partial charge in [-0.05, 0) is 53.9 Å². The molecule has 0 fully saturated rings. The molecule has 2 aromatic carbocycles. The molecule has 0 saturated carbocycles. The summed E-state index contributed by atoms with van der Waals surface area (Å²) in [5.74, 6) is 0. The van der Waals surface area contributed by atoms with Crippen LogP contribution in [0.5, 0.6) is 0 Å². The number of hydrogen-bond acceptors (Lipinski definition) is 2. The Morgan fingerprint density at radius 2 is 1.78 bits per heavy atom. The molecule has 1 heterocycles. The molecule has 0 bridgehead atoms. The molecule has 1 aliphatic heterocycles. The van der Waals surface area contributed by atoms with Crippen molar-refractivity contribution < 1.29 is 13.2 Å². The van der Waals surface area contributed by atoms with Gasteiger partial charge < -0.3 is 10.2 Å². The number of nitrogens with zero attached hydrogens (tertiary/aromatic N) is 1. The van der Waals surface area contributed by atoms with Gasteiger partial charge in [-0.15, -0.1) is 0 Å². The molecule has 0 amide bonds. The molecule has 2 aromatic rings. The van der Waals surface area contributed by atoms with E-state index in [1.807, 2.05) is 7.05 Å². The first kappa shape index (κ1) is 15.9. The van der Waals surface area contributed by atoms with Gasteiger partial charge in [0.15, 0.2) is 0 Å². The van der Waals surface area contributed by atoms with Crippen LogP contribution in [0.1, 0.15) is 22.3 Å². The molecule has 0 radical (unpaired) electrons. The Labute approximate surface area is 133 Å². The molecule has 0 saturated heterocycles. The van der Waals surface area contributed by atoms with Crippen LogP contribution in [0.2, 0.25) is 0 Å². The van der Waals surface area contributed by atoms with Gasteiger partial charge >= 0.3 is 6.18 Å². The van der Waals surface area contributed by atoms with Gasteiger partial charge in [-0.1, -0.05) is 18.2 Å². The van der Waals surface area contributed by atoms with Crippen LogP contribution in [0.3, 0.4) is 0 Å². The summed E-state index contributed by atoms with van der Waals surface area (Å²) in [5.41, 5.74) is 4.00. The van der Waals surface area contributed by atoms with E-state index < -0.39 is 11.7 Å². The van der Waals surface area contributed by atoms with E-state index in [9.17, 15) is 13.2 Å². The van der Waals surface area contributed by atoms with E-state index in [-0.39, 0.29) is 0 Å². The first-order valence-corrected chi connectivity index (χ1v) is 7.63. The van der Waals surface area contributed by atoms with Gasteiger partial charge in [0.2, 0.25) is 0 Å². The number of alkyl halides is 3. The molecular weight excluding hydrogens is 301 g/mol. The number of nitrogens with one attached hydrogen (secondary N) is 1. The van der Waals surface area contributed by atoms with E-state index in [1.165, 1.54) is 11.1 Å². The number of halogens is 3. The summed E-state index contributed by atoms with van der Waals surface area (Å²) in [6.45, 7) is 2.45. The SMILES string of the molecule is CN(Cc1ccc(C(F)(F)F)cc1)c1ccc2c(c1)CNCC2. The zero-order chi connectivity index (χ0) is 16.4. The Morgan fingerprint density at radius 1 is 1.04 bits per heavy atom. The number of rotatable bonds is 3. The maximum Gasteiger partial charge on any atom is 0.416 e. The highest BCUT2D eigenvalue weighted by Crippen LogP contribution is 2.29. The third kappa shape index (κ3) is 3.67. The number of benzene rings is 2. The van der Waals surface area contributed by atoms with Gasteiger partial charge in [-0.25, -0.2) is 0 Å². The summed E-state index contributed by atoms with van der Waals surface area (Å²) in [6.07, 6.45) is -3.24. The second-order valence-electron chi connectivity index (χ2n) is 5.93. The minimum atomic E-state index is -4.28. The molecule has 23 heavy (non-hydrogen) atoms. The molecule has 0 atom stereocenters. The minimum absolute atomic E-state index is 0.574. The summed E-state index contributed by atoms with van der Waals surface area (Å²) in [7, 11) is 1.95. The van der Waals surface area contributed by atoms with Crippen LogP contribution < -0.4 is 10.2 Å². The Morgan fingerprint density at radius 3 is 2.48 bits per heavy atom. The second kappa shape index (κ2) is 6.24. The number of anilines is 1. The Hall–Kier alpha value is -2.01. The van der Waals surface area contributed by atoms with Crippen molar-refractivity contribution >= 4 is 5.69 Å². The minimum Gasteiger partial charge on any atom is -0.370 e. The molecule has 1 N–H and O–H groups in total. The second-order valence-corrected chi connectivity index (χ2v) is 5.93. The lowest BCUT2D eigenvalue weighted by Gasteiger charge is -2.23. The van der Waals surface area contributed by atoms with E-state index in [0.29, 0.717) is 6.54 Å². The highest BCUT2D eigenvalue weighted by Gasteiger charge is 2.29. The topological polar surface area (TPSA) is 15.3 Å². The van der Waals surface area contributed by atoms with Gasteiger partial charge in [0, 0.05) is 25.8 Å².